The van der Waals surface area contributed by atoms with Crippen molar-refractivity contribution in [1.29, 1.82) is 0 Å². The number of hydrogen-bond acceptors (Lipinski definition) is 6. The molecule has 0 bridgehead atoms. The Balaban J connectivity index is 1.73. The Labute approximate surface area is 167 Å². The fraction of sp³-hybridized carbons (Fsp3) is 0.286. The molecule has 0 saturated carbocycles. The van der Waals surface area contributed by atoms with Crippen LogP contribution in [0.5, 0.6) is 11.5 Å². The number of carbonyl (C=O) groups is 1. The summed E-state index contributed by atoms with van der Waals surface area (Å²) in [6, 6.07) is 13.4. The van der Waals surface area contributed by atoms with E-state index in [4.69, 9.17) is 9.47 Å². The summed E-state index contributed by atoms with van der Waals surface area (Å²) in [4.78, 5) is 23.9. The highest BCUT2D eigenvalue weighted by molar-refractivity contribution is 8.01. The molecule has 1 saturated heterocycles. The predicted molar refractivity (Wildman–Crippen MR) is 109 cm³/mol. The van der Waals surface area contributed by atoms with Crippen LogP contribution in [0.15, 0.2) is 48.7 Å². The number of benzene rings is 2. The van der Waals surface area contributed by atoms with E-state index in [0.717, 1.165) is 22.3 Å². The van der Waals surface area contributed by atoms with Crippen LogP contribution in [0.1, 0.15) is 23.6 Å². The molecule has 1 aromatic heterocycles. The van der Waals surface area contributed by atoms with Crippen molar-refractivity contribution in [2.45, 2.75) is 24.1 Å². The molecule has 6 nitrogen and oxygen atoms in total. The van der Waals surface area contributed by atoms with Gasteiger partial charge in [0.05, 0.1) is 54.5 Å². The second kappa shape index (κ2) is 7.67. The van der Waals surface area contributed by atoms with E-state index in [-0.39, 0.29) is 16.5 Å². The van der Waals surface area contributed by atoms with Crippen molar-refractivity contribution in [2.75, 3.05) is 14.2 Å². The molecule has 0 N–H and O–H groups in total. The minimum Gasteiger partial charge on any atom is -0.496 e. The van der Waals surface area contributed by atoms with Crippen LogP contribution in [0.2, 0.25) is 0 Å². The zero-order chi connectivity index (χ0) is 19.7. The number of nitrogens with zero attached hydrogens (tertiary/aromatic N) is 3. The predicted octanol–water partition coefficient (Wildman–Crippen LogP) is 3.81. The van der Waals surface area contributed by atoms with Crippen molar-refractivity contribution in [3.8, 4) is 11.5 Å². The Morgan fingerprint density at radius 1 is 1.04 bits per heavy atom. The lowest BCUT2D eigenvalue weighted by molar-refractivity contribution is -0.130. The Hall–Kier alpha value is -2.80. The maximum absolute atomic E-state index is 12.9. The Morgan fingerprint density at radius 2 is 1.71 bits per heavy atom. The SMILES string of the molecule is COc1cccc(OC)c1C1SC(C)C(=O)N1Cc1cnc2ccccc2n1. The highest BCUT2D eigenvalue weighted by atomic mass is 32.2. The molecule has 0 aliphatic carbocycles. The van der Waals surface area contributed by atoms with Crippen LogP contribution in [0.25, 0.3) is 11.0 Å². The molecule has 0 spiro atoms. The lowest BCUT2D eigenvalue weighted by Gasteiger charge is -2.26. The molecular weight excluding hydrogens is 374 g/mol. The van der Waals surface area contributed by atoms with E-state index in [1.165, 1.54) is 0 Å². The molecule has 1 fully saturated rings. The van der Waals surface area contributed by atoms with Crippen molar-refractivity contribution in [2.24, 2.45) is 0 Å². The van der Waals surface area contributed by atoms with Crippen LogP contribution in [0.3, 0.4) is 0 Å². The van der Waals surface area contributed by atoms with E-state index in [9.17, 15) is 4.79 Å². The van der Waals surface area contributed by atoms with Gasteiger partial charge < -0.3 is 14.4 Å². The van der Waals surface area contributed by atoms with Gasteiger partial charge in [-0.3, -0.25) is 9.78 Å². The molecule has 1 amide bonds. The van der Waals surface area contributed by atoms with Gasteiger partial charge in [0.25, 0.3) is 0 Å². The molecule has 144 valence electrons. The Kier molecular flexibility index (Phi) is 5.09. The number of para-hydroxylation sites is 2. The minimum absolute atomic E-state index is 0.0675. The van der Waals surface area contributed by atoms with Crippen LogP contribution in [-0.4, -0.2) is 40.2 Å². The summed E-state index contributed by atoms with van der Waals surface area (Å²) in [5.74, 6) is 1.47. The molecule has 28 heavy (non-hydrogen) atoms. The number of aromatic nitrogens is 2. The molecule has 3 aromatic rings. The Bertz CT molecular complexity index is 1000. The molecule has 2 atom stereocenters. The molecule has 1 aliphatic rings. The molecular formula is C21H21N3O3S. The summed E-state index contributed by atoms with van der Waals surface area (Å²) < 4.78 is 11.1. The first-order valence-electron chi connectivity index (χ1n) is 9.00. The summed E-state index contributed by atoms with van der Waals surface area (Å²) in [6.45, 7) is 2.30. The van der Waals surface area contributed by atoms with Gasteiger partial charge in [-0.15, -0.1) is 11.8 Å². The number of thioether (sulfide) groups is 1. The first kappa shape index (κ1) is 18.6. The molecule has 0 radical (unpaired) electrons. The first-order chi connectivity index (χ1) is 13.6. The zero-order valence-corrected chi connectivity index (χ0v) is 16.8. The molecule has 4 rings (SSSR count). The molecule has 2 heterocycles. The third-order valence-electron chi connectivity index (χ3n) is 4.79. The zero-order valence-electron chi connectivity index (χ0n) is 16.0. The normalized spacial score (nSPS) is 19.2. The monoisotopic (exact) mass is 395 g/mol. The Morgan fingerprint density at radius 3 is 2.39 bits per heavy atom. The number of amides is 1. The van der Waals surface area contributed by atoms with Crippen molar-refractivity contribution >= 4 is 28.7 Å². The first-order valence-corrected chi connectivity index (χ1v) is 9.94. The standard InChI is InChI=1S/C21H21N3O3S/c1-13-20(25)24(12-14-11-22-15-7-4-5-8-16(15)23-14)21(28-13)19-17(26-2)9-6-10-18(19)27-3/h4-11,13,21H,12H2,1-3H3. The van der Waals surface area contributed by atoms with Crippen molar-refractivity contribution < 1.29 is 14.3 Å². The summed E-state index contributed by atoms with van der Waals surface area (Å²) in [6.07, 6.45) is 1.74. The number of fused-ring (bicyclic) bond motifs is 1. The third-order valence-corrected chi connectivity index (χ3v) is 6.15. The van der Waals surface area contributed by atoms with Crippen molar-refractivity contribution in [1.82, 2.24) is 14.9 Å². The van der Waals surface area contributed by atoms with Gasteiger partial charge in [-0.05, 0) is 31.2 Å². The van der Waals surface area contributed by atoms with Crippen LogP contribution >= 0.6 is 11.8 Å². The van der Waals surface area contributed by atoms with Gasteiger partial charge in [-0.1, -0.05) is 18.2 Å². The topological polar surface area (TPSA) is 64.6 Å². The van der Waals surface area contributed by atoms with Gasteiger partial charge in [-0.2, -0.15) is 0 Å². The summed E-state index contributed by atoms with van der Waals surface area (Å²) in [7, 11) is 3.25. The highest BCUT2D eigenvalue weighted by Crippen LogP contribution is 2.49. The van der Waals surface area contributed by atoms with E-state index in [1.807, 2.05) is 54.3 Å². The van der Waals surface area contributed by atoms with Gasteiger partial charge >= 0.3 is 0 Å². The largest absolute Gasteiger partial charge is 0.496 e. The average molecular weight is 395 g/mol. The minimum atomic E-state index is -0.220. The van der Waals surface area contributed by atoms with E-state index in [0.29, 0.717) is 18.0 Å². The van der Waals surface area contributed by atoms with Gasteiger partial charge in [-0.25, -0.2) is 4.98 Å². The van der Waals surface area contributed by atoms with Crippen LogP contribution < -0.4 is 9.47 Å². The second-order valence-electron chi connectivity index (χ2n) is 6.52. The summed E-state index contributed by atoms with van der Waals surface area (Å²) in [5, 5.41) is -0.380. The van der Waals surface area contributed by atoms with E-state index in [2.05, 4.69) is 9.97 Å². The molecule has 1 aliphatic heterocycles. The number of ether oxygens (including phenoxy) is 2. The van der Waals surface area contributed by atoms with Crippen LogP contribution in [0.4, 0.5) is 0 Å². The quantitative estimate of drug-likeness (QED) is 0.655. The average Bonchev–Trinajstić information content (AvgIpc) is 3.01. The van der Waals surface area contributed by atoms with E-state index in [1.54, 1.807) is 32.2 Å². The lowest BCUT2D eigenvalue weighted by Crippen LogP contribution is -2.30. The number of carbonyl (C=O) groups excluding carboxylic acids is 1. The van der Waals surface area contributed by atoms with Crippen molar-refractivity contribution in [3.05, 3.63) is 59.9 Å². The van der Waals surface area contributed by atoms with Crippen molar-refractivity contribution in [3.63, 3.8) is 0 Å². The number of hydrogen-bond donors (Lipinski definition) is 0. The van der Waals surface area contributed by atoms with E-state index >= 15 is 0 Å². The van der Waals surface area contributed by atoms with Crippen LogP contribution in [0, 0.1) is 0 Å². The second-order valence-corrected chi connectivity index (χ2v) is 7.95. The third kappa shape index (κ3) is 3.26. The van der Waals surface area contributed by atoms with Gasteiger partial charge in [0, 0.05) is 0 Å². The fourth-order valence-electron chi connectivity index (χ4n) is 3.43. The summed E-state index contributed by atoms with van der Waals surface area (Å²) in [5.41, 5.74) is 3.27. The van der Waals surface area contributed by atoms with Gasteiger partial charge in [0.2, 0.25) is 5.91 Å². The molecule has 2 unspecified atom stereocenters. The van der Waals surface area contributed by atoms with Gasteiger partial charge in [0.15, 0.2) is 0 Å². The fourth-order valence-corrected chi connectivity index (χ4v) is 4.76. The molecule has 2 aromatic carbocycles. The lowest BCUT2D eigenvalue weighted by atomic mass is 10.1. The highest BCUT2D eigenvalue weighted by Gasteiger charge is 2.41. The number of methoxy groups -OCH3 is 2. The smallest absolute Gasteiger partial charge is 0.237 e. The van der Waals surface area contributed by atoms with E-state index < -0.39 is 0 Å². The van der Waals surface area contributed by atoms with Gasteiger partial charge in [0.1, 0.15) is 16.9 Å². The number of rotatable bonds is 5. The maximum atomic E-state index is 12.9. The summed E-state index contributed by atoms with van der Waals surface area (Å²) >= 11 is 1.58. The van der Waals surface area contributed by atoms with Crippen LogP contribution in [-0.2, 0) is 11.3 Å². The maximum Gasteiger partial charge on any atom is 0.237 e. The molecule has 7 heteroatoms.